The Hall–Kier alpha value is -2.53. The van der Waals surface area contributed by atoms with E-state index in [9.17, 15) is 51.1 Å². The first kappa shape index (κ1) is 30.7. The first-order chi connectivity index (χ1) is 16.4. The van der Waals surface area contributed by atoms with Gasteiger partial charge in [0.25, 0.3) is 5.91 Å². The molecular weight excluding hydrogens is 613 g/mol. The summed E-state index contributed by atoms with van der Waals surface area (Å²) in [6, 6.07) is 0.765. The van der Waals surface area contributed by atoms with Gasteiger partial charge in [-0.1, -0.05) is 42.6 Å². The topological polar surface area (TPSA) is 117 Å². The lowest BCUT2D eigenvalue weighted by Crippen LogP contribution is -2.39. The number of carbonyl (C=O) groups is 1. The van der Waals surface area contributed by atoms with Crippen LogP contribution in [0.1, 0.15) is 5.69 Å². The molecule has 0 aliphatic carbocycles. The van der Waals surface area contributed by atoms with Gasteiger partial charge in [-0.2, -0.15) is 23.5 Å². The highest BCUT2D eigenvalue weighted by Crippen LogP contribution is 3.02. The summed E-state index contributed by atoms with van der Waals surface area (Å²) >= 11 is 11.5. The van der Waals surface area contributed by atoms with Crippen LogP contribution in [-0.2, 0) is 19.6 Å². The normalized spacial score (nSPS) is 14.5. The fourth-order valence-electron chi connectivity index (χ4n) is 2.79. The van der Waals surface area contributed by atoms with Gasteiger partial charge in [-0.05, 0) is 12.1 Å². The van der Waals surface area contributed by atoms with Gasteiger partial charge in [0.1, 0.15) is 35.5 Å². The van der Waals surface area contributed by atoms with Crippen LogP contribution in [-0.4, -0.2) is 56.8 Å². The van der Waals surface area contributed by atoms with Crippen LogP contribution >= 0.6 is 33.4 Å². The lowest BCUT2D eigenvalue weighted by atomic mass is 10.3. The molecule has 0 saturated heterocycles. The average Bonchev–Trinajstić information content (AvgIpc) is 3.00. The van der Waals surface area contributed by atoms with Gasteiger partial charge < -0.3 is 10.1 Å². The predicted molar refractivity (Wildman–Crippen MR) is 118 cm³/mol. The highest BCUT2D eigenvalue weighted by Gasteiger charge is 2.65. The molecule has 1 heterocycles. The van der Waals surface area contributed by atoms with Crippen molar-refractivity contribution in [2.75, 3.05) is 36.1 Å². The van der Waals surface area contributed by atoms with E-state index in [4.69, 9.17) is 23.2 Å². The van der Waals surface area contributed by atoms with Crippen molar-refractivity contribution < 1.29 is 50.5 Å². The molecule has 21 heteroatoms. The largest absolute Gasteiger partial charge is 0.407 e. The molecule has 9 nitrogen and oxygen atoms in total. The molecule has 0 bridgehead atoms. The van der Waals surface area contributed by atoms with Crippen LogP contribution in [0.3, 0.4) is 0 Å². The number of halogens is 10. The summed E-state index contributed by atoms with van der Waals surface area (Å²) < 4.78 is 135. The van der Waals surface area contributed by atoms with Gasteiger partial charge >= 0.3 is 16.4 Å². The molecule has 208 valence electrons. The van der Waals surface area contributed by atoms with Crippen molar-refractivity contribution in [2.24, 2.45) is 0 Å². The van der Waals surface area contributed by atoms with E-state index >= 15 is 0 Å². The number of hydrogen-bond acceptors (Lipinski definition) is 6. The highest BCUT2D eigenvalue weighted by atomic mass is 35.5. The summed E-state index contributed by atoms with van der Waals surface area (Å²) in [6.45, 7) is -3.01. The SMILES string of the molecule is COCC(=O)Nc1c(N(CC(F)(F)F)S(C)(=O)=O)c(C#N)nn1-c1c(Cl)cc(S(F)(F)(F)(F)F)cc1Cl. The number of nitrogens with zero attached hydrogens (tertiary/aromatic N) is 4. The summed E-state index contributed by atoms with van der Waals surface area (Å²) in [5.41, 5.74) is -3.17. The quantitative estimate of drug-likeness (QED) is 0.381. The first-order valence-electron chi connectivity index (χ1n) is 8.99. The molecule has 0 radical (unpaired) electrons. The number of nitriles is 1. The molecule has 1 aromatic carbocycles. The van der Waals surface area contributed by atoms with Crippen LogP contribution in [0.5, 0.6) is 0 Å². The number of carbonyl (C=O) groups excluding carboxylic acids is 1. The monoisotopic (exact) mass is 625 g/mol. The lowest BCUT2D eigenvalue weighted by molar-refractivity contribution is -0.119. The Morgan fingerprint density at radius 1 is 1.22 bits per heavy atom. The van der Waals surface area contributed by atoms with Crippen molar-refractivity contribution in [2.45, 2.75) is 11.1 Å². The number of amides is 1. The fraction of sp³-hybridized carbons (Fsp3) is 0.312. The summed E-state index contributed by atoms with van der Waals surface area (Å²) in [5.74, 6) is -2.19. The number of anilines is 2. The maximum absolute atomic E-state index is 13.3. The summed E-state index contributed by atoms with van der Waals surface area (Å²) in [6.07, 6.45) is -4.88. The molecule has 37 heavy (non-hydrogen) atoms. The molecule has 1 aromatic heterocycles. The van der Waals surface area contributed by atoms with Crippen molar-refractivity contribution >= 4 is 60.9 Å². The van der Waals surface area contributed by atoms with E-state index < -0.39 is 83.3 Å². The second-order valence-corrected chi connectivity index (χ2v) is 12.3. The minimum atomic E-state index is -10.3. The van der Waals surface area contributed by atoms with E-state index in [2.05, 4.69) is 9.84 Å². The number of ether oxygens (including phenoxy) is 1. The Bertz CT molecular complexity index is 1380. The zero-order valence-corrected chi connectivity index (χ0v) is 21.2. The maximum atomic E-state index is 13.3. The molecule has 0 saturated carbocycles. The van der Waals surface area contributed by atoms with E-state index in [1.165, 1.54) is 6.07 Å². The number of sulfonamides is 1. The molecule has 2 aromatic rings. The number of nitrogens with one attached hydrogen (secondary N) is 1. The summed E-state index contributed by atoms with van der Waals surface area (Å²) in [4.78, 5) is 9.65. The Labute approximate surface area is 213 Å². The zero-order valence-electron chi connectivity index (χ0n) is 18.1. The van der Waals surface area contributed by atoms with Crippen molar-refractivity contribution in [3.63, 3.8) is 0 Å². The number of aromatic nitrogens is 2. The van der Waals surface area contributed by atoms with E-state index in [-0.39, 0.29) is 21.1 Å². The zero-order chi connectivity index (χ0) is 28.8. The van der Waals surface area contributed by atoms with Crippen molar-refractivity contribution in [1.29, 1.82) is 5.26 Å². The third kappa shape index (κ3) is 7.28. The van der Waals surface area contributed by atoms with Crippen molar-refractivity contribution in [3.05, 3.63) is 27.9 Å². The van der Waals surface area contributed by atoms with Gasteiger partial charge in [-0.15, -0.1) is 0 Å². The standard InChI is InChI=1S/C16H13Cl2F8N5O4S2/c1-35-6-12(32)28-15-14(30(36(2,33)34)7-16(19,20)21)11(5-27)29-31(15)13-9(17)3-8(4-10(13)18)37(22,23,24,25)26/h3-4H,6-7H2,1-2H3,(H,28,32). The minimum absolute atomic E-state index is 0.232. The molecule has 0 aliphatic heterocycles. The molecule has 0 aliphatic rings. The van der Waals surface area contributed by atoms with Crippen LogP contribution in [0.4, 0.5) is 44.1 Å². The molecule has 1 N–H and O–H groups in total. The maximum Gasteiger partial charge on any atom is 0.407 e. The number of hydrogen-bond donors (Lipinski definition) is 1. The van der Waals surface area contributed by atoms with Gasteiger partial charge in [-0.3, -0.25) is 9.10 Å². The molecule has 0 atom stereocenters. The van der Waals surface area contributed by atoms with Crippen LogP contribution in [0, 0.1) is 11.3 Å². The second-order valence-electron chi connectivity index (χ2n) is 7.14. The fourth-order valence-corrected chi connectivity index (χ4v) is 5.13. The van der Waals surface area contributed by atoms with E-state index in [0.29, 0.717) is 6.26 Å². The van der Waals surface area contributed by atoms with Crippen molar-refractivity contribution in [3.8, 4) is 11.8 Å². The summed E-state index contributed by atoms with van der Waals surface area (Å²) in [5, 5.41) is 12.5. The Morgan fingerprint density at radius 2 is 1.73 bits per heavy atom. The van der Waals surface area contributed by atoms with Crippen LogP contribution in [0.25, 0.3) is 5.69 Å². The third-order valence-electron chi connectivity index (χ3n) is 4.12. The molecule has 0 fully saturated rings. The van der Waals surface area contributed by atoms with Crippen molar-refractivity contribution in [1.82, 2.24) is 9.78 Å². The Balaban J connectivity index is 3.01. The van der Waals surface area contributed by atoms with E-state index in [0.717, 1.165) is 7.11 Å². The Morgan fingerprint density at radius 3 is 2.11 bits per heavy atom. The van der Waals surface area contributed by atoms with Gasteiger partial charge in [0.05, 0.1) is 16.3 Å². The van der Waals surface area contributed by atoms with E-state index in [1.807, 2.05) is 5.32 Å². The average molecular weight is 626 g/mol. The third-order valence-corrected chi connectivity index (χ3v) is 6.93. The molecule has 0 spiro atoms. The lowest BCUT2D eigenvalue weighted by Gasteiger charge is -2.40. The Kier molecular flexibility index (Phi) is 7.50. The highest BCUT2D eigenvalue weighted by molar-refractivity contribution is 8.45. The molecule has 1 amide bonds. The van der Waals surface area contributed by atoms with Crippen LogP contribution in [0.15, 0.2) is 17.0 Å². The van der Waals surface area contributed by atoms with Gasteiger partial charge in [0.2, 0.25) is 10.0 Å². The smallest absolute Gasteiger partial charge is 0.375 e. The molecule has 2 rings (SSSR count). The predicted octanol–water partition coefficient (Wildman–Crippen LogP) is 5.62. The van der Waals surface area contributed by atoms with Crippen LogP contribution in [0.2, 0.25) is 10.0 Å². The van der Waals surface area contributed by atoms with Gasteiger partial charge in [0, 0.05) is 7.11 Å². The van der Waals surface area contributed by atoms with Gasteiger partial charge in [0.15, 0.2) is 11.5 Å². The number of benzene rings is 1. The first-order valence-corrected chi connectivity index (χ1v) is 13.5. The molecule has 0 unspecified atom stereocenters. The molecular formula is C16H13Cl2F8N5O4S2. The number of alkyl halides is 3. The summed E-state index contributed by atoms with van der Waals surface area (Å²) in [7, 11) is -14.2. The second kappa shape index (κ2) is 9.04. The van der Waals surface area contributed by atoms with Gasteiger partial charge in [-0.25, -0.2) is 13.1 Å². The van der Waals surface area contributed by atoms with E-state index in [1.54, 1.807) is 0 Å². The number of rotatable bonds is 8. The number of methoxy groups -OCH3 is 1. The van der Waals surface area contributed by atoms with Crippen LogP contribution < -0.4 is 9.62 Å². The minimum Gasteiger partial charge on any atom is -0.375 e.